The number of thioether (sulfide) groups is 1. The zero-order valence-corrected chi connectivity index (χ0v) is 19.2. The second-order valence-corrected chi connectivity index (χ2v) is 7.53. The van der Waals surface area contributed by atoms with Crippen LogP contribution >= 0.6 is 11.8 Å². The van der Waals surface area contributed by atoms with E-state index in [1.807, 2.05) is 17.7 Å². The number of hydrogen-bond donors (Lipinski definition) is 1. The molecule has 3 rings (SSSR count). The number of rotatable bonds is 8. The number of esters is 1. The number of carbonyl (C=O) groups is 2. The fraction of sp³-hybridized carbons (Fsp3) is 0.273. The number of amides is 1. The second-order valence-electron chi connectivity index (χ2n) is 6.75. The molecule has 1 N–H and O–H groups in total. The zero-order valence-electron chi connectivity index (χ0n) is 18.4. The summed E-state index contributed by atoms with van der Waals surface area (Å²) in [5, 5.41) is 11.6. The van der Waals surface area contributed by atoms with Gasteiger partial charge in [0.2, 0.25) is 0 Å². The van der Waals surface area contributed by atoms with Gasteiger partial charge in [0.05, 0.1) is 19.8 Å². The van der Waals surface area contributed by atoms with Gasteiger partial charge in [-0.05, 0) is 44.4 Å². The van der Waals surface area contributed by atoms with Crippen LogP contribution in [0.5, 0.6) is 11.5 Å². The smallest absolute Gasteiger partial charge is 0.338 e. The second kappa shape index (κ2) is 10.2. The number of nitrogens with one attached hydrogen (secondary N) is 1. The summed E-state index contributed by atoms with van der Waals surface area (Å²) in [6.45, 7) is 3.36. The Kier molecular flexibility index (Phi) is 7.37. The molecule has 0 fully saturated rings. The van der Waals surface area contributed by atoms with E-state index in [1.165, 1.54) is 32.9 Å². The van der Waals surface area contributed by atoms with Crippen LogP contribution in [0.3, 0.4) is 0 Å². The SMILES string of the molecule is COc1cc(NC(=O)C(C)OC(=O)c2ccc(-n3c(C)nnc3SC)cc2)cc(OC)c1. The highest BCUT2D eigenvalue weighted by Gasteiger charge is 2.20. The van der Waals surface area contributed by atoms with Crippen LogP contribution in [0, 0.1) is 6.92 Å². The summed E-state index contributed by atoms with van der Waals surface area (Å²) < 4.78 is 17.6. The van der Waals surface area contributed by atoms with E-state index in [0.29, 0.717) is 22.7 Å². The maximum atomic E-state index is 12.5. The third-order valence-corrected chi connectivity index (χ3v) is 5.24. The van der Waals surface area contributed by atoms with Crippen molar-refractivity contribution in [2.45, 2.75) is 25.1 Å². The molecule has 1 atom stereocenters. The number of methoxy groups -OCH3 is 2. The molecular formula is C22H24N4O5S. The molecule has 168 valence electrons. The van der Waals surface area contributed by atoms with E-state index >= 15 is 0 Å². The maximum absolute atomic E-state index is 12.5. The number of aromatic nitrogens is 3. The van der Waals surface area contributed by atoms with Crippen molar-refractivity contribution in [2.75, 3.05) is 25.8 Å². The van der Waals surface area contributed by atoms with Gasteiger partial charge < -0.3 is 19.5 Å². The number of aryl methyl sites for hydroxylation is 1. The highest BCUT2D eigenvalue weighted by molar-refractivity contribution is 7.98. The summed E-state index contributed by atoms with van der Waals surface area (Å²) in [5.41, 5.74) is 1.62. The quantitative estimate of drug-likeness (QED) is 0.406. The number of nitrogens with zero attached hydrogens (tertiary/aromatic N) is 3. The van der Waals surface area contributed by atoms with Gasteiger partial charge in [0.1, 0.15) is 17.3 Å². The third kappa shape index (κ3) is 5.20. The van der Waals surface area contributed by atoms with Crippen molar-refractivity contribution in [1.82, 2.24) is 14.8 Å². The lowest BCUT2D eigenvalue weighted by atomic mass is 10.2. The molecule has 0 aliphatic heterocycles. The van der Waals surface area contributed by atoms with Crippen LogP contribution in [0.4, 0.5) is 5.69 Å². The predicted molar refractivity (Wildman–Crippen MR) is 121 cm³/mol. The molecule has 1 aromatic heterocycles. The molecule has 1 amide bonds. The number of ether oxygens (including phenoxy) is 3. The summed E-state index contributed by atoms with van der Waals surface area (Å²) in [5.74, 6) is 0.710. The minimum Gasteiger partial charge on any atom is -0.497 e. The predicted octanol–water partition coefficient (Wildman–Crippen LogP) is 3.50. The third-order valence-electron chi connectivity index (χ3n) is 4.61. The topological polar surface area (TPSA) is 105 Å². The zero-order chi connectivity index (χ0) is 23.3. The van der Waals surface area contributed by atoms with Crippen molar-refractivity contribution in [3.05, 3.63) is 53.9 Å². The van der Waals surface area contributed by atoms with Crippen LogP contribution < -0.4 is 14.8 Å². The molecule has 32 heavy (non-hydrogen) atoms. The highest BCUT2D eigenvalue weighted by Crippen LogP contribution is 2.26. The number of hydrogen-bond acceptors (Lipinski definition) is 8. The fourth-order valence-electron chi connectivity index (χ4n) is 2.92. The van der Waals surface area contributed by atoms with Crippen molar-refractivity contribution in [3.63, 3.8) is 0 Å². The van der Waals surface area contributed by atoms with Gasteiger partial charge in [-0.2, -0.15) is 0 Å². The monoisotopic (exact) mass is 456 g/mol. The van der Waals surface area contributed by atoms with E-state index in [0.717, 1.165) is 16.7 Å². The Balaban J connectivity index is 1.66. The average Bonchev–Trinajstić information content (AvgIpc) is 3.19. The van der Waals surface area contributed by atoms with E-state index in [4.69, 9.17) is 14.2 Å². The number of benzene rings is 2. The molecule has 3 aromatic rings. The fourth-order valence-corrected chi connectivity index (χ4v) is 3.47. The van der Waals surface area contributed by atoms with E-state index in [-0.39, 0.29) is 0 Å². The summed E-state index contributed by atoms with van der Waals surface area (Å²) in [7, 11) is 3.03. The van der Waals surface area contributed by atoms with Gasteiger partial charge in [-0.1, -0.05) is 11.8 Å². The van der Waals surface area contributed by atoms with Gasteiger partial charge >= 0.3 is 5.97 Å². The molecule has 0 saturated carbocycles. The van der Waals surface area contributed by atoms with Gasteiger partial charge in [-0.15, -0.1) is 10.2 Å². The standard InChI is InChI=1S/C22H24N4O5S/c1-13(20(27)23-16-10-18(29-3)12-19(11-16)30-4)31-21(28)15-6-8-17(9-7-15)26-14(2)24-25-22(26)32-5/h6-13H,1-5H3,(H,23,27). The largest absolute Gasteiger partial charge is 0.497 e. The molecule has 0 aliphatic rings. The Morgan fingerprint density at radius 2 is 1.66 bits per heavy atom. The minimum absolute atomic E-state index is 0.327. The van der Waals surface area contributed by atoms with Crippen LogP contribution in [0.2, 0.25) is 0 Å². The first-order valence-corrected chi connectivity index (χ1v) is 10.9. The molecule has 0 radical (unpaired) electrons. The highest BCUT2D eigenvalue weighted by atomic mass is 32.2. The molecule has 0 aliphatic carbocycles. The Morgan fingerprint density at radius 1 is 1.03 bits per heavy atom. The Labute approximate surface area is 190 Å². The maximum Gasteiger partial charge on any atom is 0.338 e. The summed E-state index contributed by atoms with van der Waals surface area (Å²) in [6, 6.07) is 11.8. The van der Waals surface area contributed by atoms with Gasteiger partial charge in [0.15, 0.2) is 11.3 Å². The van der Waals surface area contributed by atoms with Crippen molar-refractivity contribution in [3.8, 4) is 17.2 Å². The molecular weight excluding hydrogens is 432 g/mol. The molecule has 10 heteroatoms. The lowest BCUT2D eigenvalue weighted by molar-refractivity contribution is -0.123. The number of carbonyl (C=O) groups excluding carboxylic acids is 2. The van der Waals surface area contributed by atoms with Crippen molar-refractivity contribution in [2.24, 2.45) is 0 Å². The first kappa shape index (κ1) is 23.1. The van der Waals surface area contributed by atoms with Gasteiger partial charge in [0, 0.05) is 29.6 Å². The van der Waals surface area contributed by atoms with Gasteiger partial charge in [-0.3, -0.25) is 9.36 Å². The first-order valence-electron chi connectivity index (χ1n) is 9.67. The average molecular weight is 457 g/mol. The van der Waals surface area contributed by atoms with Crippen LogP contribution in [0.25, 0.3) is 5.69 Å². The molecule has 0 spiro atoms. The molecule has 0 saturated heterocycles. The van der Waals surface area contributed by atoms with Crippen LogP contribution in [-0.4, -0.2) is 53.2 Å². The van der Waals surface area contributed by atoms with Crippen LogP contribution in [-0.2, 0) is 9.53 Å². The molecule has 9 nitrogen and oxygen atoms in total. The van der Waals surface area contributed by atoms with Crippen LogP contribution in [0.1, 0.15) is 23.1 Å². The molecule has 1 heterocycles. The summed E-state index contributed by atoms with van der Waals surface area (Å²) >= 11 is 1.48. The minimum atomic E-state index is -1.01. The molecule has 1 unspecified atom stereocenters. The Morgan fingerprint density at radius 3 is 2.22 bits per heavy atom. The number of anilines is 1. The Bertz CT molecular complexity index is 1090. The lowest BCUT2D eigenvalue weighted by Crippen LogP contribution is -2.30. The summed E-state index contributed by atoms with van der Waals surface area (Å²) in [4.78, 5) is 25.0. The van der Waals surface area contributed by atoms with Crippen molar-refractivity contribution in [1.29, 1.82) is 0 Å². The summed E-state index contributed by atoms with van der Waals surface area (Å²) in [6.07, 6.45) is 0.905. The Hall–Kier alpha value is -3.53. The van der Waals surface area contributed by atoms with E-state index < -0.39 is 18.0 Å². The van der Waals surface area contributed by atoms with Crippen molar-refractivity contribution < 1.29 is 23.8 Å². The van der Waals surface area contributed by atoms with E-state index in [9.17, 15) is 9.59 Å². The first-order chi connectivity index (χ1) is 15.4. The molecule has 2 aromatic carbocycles. The van der Waals surface area contributed by atoms with Crippen LogP contribution in [0.15, 0.2) is 47.6 Å². The van der Waals surface area contributed by atoms with Gasteiger partial charge in [-0.25, -0.2) is 4.79 Å². The van der Waals surface area contributed by atoms with E-state index in [1.54, 1.807) is 42.5 Å². The van der Waals surface area contributed by atoms with E-state index in [2.05, 4.69) is 15.5 Å². The van der Waals surface area contributed by atoms with Crippen molar-refractivity contribution >= 4 is 29.3 Å². The lowest BCUT2D eigenvalue weighted by Gasteiger charge is -2.15. The van der Waals surface area contributed by atoms with Gasteiger partial charge in [0.25, 0.3) is 5.91 Å². The normalized spacial score (nSPS) is 11.5. The molecule has 0 bridgehead atoms.